The van der Waals surface area contributed by atoms with Crippen molar-refractivity contribution in [1.82, 2.24) is 10.6 Å². The van der Waals surface area contributed by atoms with E-state index in [0.29, 0.717) is 13.1 Å². The lowest BCUT2D eigenvalue weighted by molar-refractivity contribution is -0.916. The number of hydrogen-bond donors (Lipinski definition) is 3. The number of imide groups is 1. The molecule has 2 atom stereocenters. The van der Waals surface area contributed by atoms with Gasteiger partial charge in [-0.3, -0.25) is 10.1 Å². The number of urea groups is 1. The minimum Gasteiger partial charge on any atom is -0.338 e. The number of fused-ring (bicyclic) bond motifs is 1. The summed E-state index contributed by atoms with van der Waals surface area (Å²) in [6.45, 7) is 2.94. The number of carbonyl (C=O) groups excluding carboxylic acids is 2. The van der Waals surface area contributed by atoms with Gasteiger partial charge in [0.2, 0.25) is 0 Å². The van der Waals surface area contributed by atoms with Crippen LogP contribution in [0.25, 0.3) is 10.8 Å². The molecule has 5 heteroatoms. The minimum absolute atomic E-state index is 0.310. The molecule has 5 nitrogen and oxygen atoms in total. The van der Waals surface area contributed by atoms with Gasteiger partial charge in [0.15, 0.2) is 6.04 Å². The van der Waals surface area contributed by atoms with E-state index < -0.39 is 12.1 Å². The van der Waals surface area contributed by atoms with E-state index in [9.17, 15) is 9.59 Å². The molecule has 0 heterocycles. The van der Waals surface area contributed by atoms with Gasteiger partial charge in [0.1, 0.15) is 6.54 Å². The highest BCUT2D eigenvalue weighted by Crippen LogP contribution is 2.16. The lowest BCUT2D eigenvalue weighted by Crippen LogP contribution is -3.09. The quantitative estimate of drug-likeness (QED) is 0.619. The molecule has 0 bridgehead atoms. The molecule has 0 fully saturated rings. The van der Waals surface area contributed by atoms with Crippen LogP contribution < -0.4 is 15.5 Å². The summed E-state index contributed by atoms with van der Waals surface area (Å²) in [6.07, 6.45) is 0. The lowest BCUT2D eigenvalue weighted by Gasteiger charge is -2.24. The standard InChI is InChI=1S/C23H25N3O2/c1-3-24-23(28)25-22(27)21(19-10-5-4-6-11-19)26(2)16-17-13-14-18-9-7-8-12-20(18)15-17/h4-15,21H,3,16H2,1-2H3,(H2,24,25,27,28)/p+1/t21-/m1/s1. The zero-order chi connectivity index (χ0) is 19.9. The van der Waals surface area contributed by atoms with Crippen LogP contribution in [0.3, 0.4) is 0 Å². The number of amides is 3. The van der Waals surface area contributed by atoms with Crippen molar-refractivity contribution < 1.29 is 14.5 Å². The Bertz CT molecular complexity index is 956. The fourth-order valence-electron chi connectivity index (χ4n) is 3.47. The maximum atomic E-state index is 12.9. The topological polar surface area (TPSA) is 62.6 Å². The summed E-state index contributed by atoms with van der Waals surface area (Å²) in [7, 11) is 1.98. The number of quaternary nitrogens is 1. The van der Waals surface area contributed by atoms with Gasteiger partial charge in [0.05, 0.1) is 7.05 Å². The SMILES string of the molecule is CCNC(=O)NC(=O)[C@@H](c1ccccc1)[NH+](C)Cc1ccc2ccccc2c1. The third kappa shape index (κ3) is 4.75. The van der Waals surface area contributed by atoms with Crippen LogP contribution in [0.1, 0.15) is 24.1 Å². The monoisotopic (exact) mass is 376 g/mol. The first-order valence-corrected chi connectivity index (χ1v) is 9.52. The average molecular weight is 376 g/mol. The van der Waals surface area contributed by atoms with Crippen LogP contribution in [0, 0.1) is 0 Å². The van der Waals surface area contributed by atoms with Gasteiger partial charge in [0, 0.05) is 17.7 Å². The van der Waals surface area contributed by atoms with Crippen molar-refractivity contribution in [3.05, 3.63) is 83.9 Å². The summed E-state index contributed by atoms with van der Waals surface area (Å²) in [5.41, 5.74) is 2.02. The first kappa shape index (κ1) is 19.6. The summed E-state index contributed by atoms with van der Waals surface area (Å²) in [5, 5.41) is 7.45. The predicted octanol–water partition coefficient (Wildman–Crippen LogP) is 2.44. The van der Waals surface area contributed by atoms with Crippen molar-refractivity contribution in [2.75, 3.05) is 13.6 Å². The van der Waals surface area contributed by atoms with Crippen molar-refractivity contribution in [3.8, 4) is 0 Å². The van der Waals surface area contributed by atoms with Crippen LogP contribution in [0.4, 0.5) is 4.79 Å². The van der Waals surface area contributed by atoms with E-state index in [1.807, 2.05) is 56.4 Å². The molecule has 3 N–H and O–H groups in total. The molecule has 3 aromatic carbocycles. The van der Waals surface area contributed by atoms with Gasteiger partial charge in [-0.25, -0.2) is 4.79 Å². The second-order valence-electron chi connectivity index (χ2n) is 6.90. The van der Waals surface area contributed by atoms with Crippen molar-refractivity contribution in [3.63, 3.8) is 0 Å². The Balaban J connectivity index is 1.83. The Labute approximate surface area is 165 Å². The molecule has 28 heavy (non-hydrogen) atoms. The first-order chi connectivity index (χ1) is 13.6. The second kappa shape index (κ2) is 9.15. The fraction of sp³-hybridized carbons (Fsp3) is 0.217. The van der Waals surface area contributed by atoms with Crippen molar-refractivity contribution in [2.24, 2.45) is 0 Å². The van der Waals surface area contributed by atoms with E-state index in [-0.39, 0.29) is 5.91 Å². The Morgan fingerprint density at radius 2 is 1.61 bits per heavy atom. The second-order valence-corrected chi connectivity index (χ2v) is 6.90. The van der Waals surface area contributed by atoms with Crippen LogP contribution in [-0.4, -0.2) is 25.5 Å². The smallest absolute Gasteiger partial charge is 0.321 e. The largest absolute Gasteiger partial charge is 0.338 e. The van der Waals surface area contributed by atoms with Crippen molar-refractivity contribution in [2.45, 2.75) is 19.5 Å². The van der Waals surface area contributed by atoms with Gasteiger partial charge in [-0.2, -0.15) is 0 Å². The number of hydrogen-bond acceptors (Lipinski definition) is 2. The highest BCUT2D eigenvalue weighted by molar-refractivity contribution is 5.96. The Kier molecular flexibility index (Phi) is 6.40. The summed E-state index contributed by atoms with van der Waals surface area (Å²) < 4.78 is 0. The van der Waals surface area contributed by atoms with E-state index in [4.69, 9.17) is 0 Å². The molecule has 0 saturated carbocycles. The van der Waals surface area contributed by atoms with Crippen LogP contribution in [0.2, 0.25) is 0 Å². The summed E-state index contributed by atoms with van der Waals surface area (Å²) in [5.74, 6) is -0.310. The Hall–Kier alpha value is -3.18. The number of benzene rings is 3. The van der Waals surface area contributed by atoms with Crippen LogP contribution in [-0.2, 0) is 11.3 Å². The molecule has 0 aliphatic carbocycles. The molecule has 3 rings (SSSR count). The molecule has 0 aliphatic rings. The number of carbonyl (C=O) groups is 2. The van der Waals surface area contributed by atoms with E-state index >= 15 is 0 Å². The number of nitrogens with one attached hydrogen (secondary N) is 3. The van der Waals surface area contributed by atoms with Gasteiger partial charge >= 0.3 is 6.03 Å². The van der Waals surface area contributed by atoms with Crippen LogP contribution in [0.15, 0.2) is 72.8 Å². The van der Waals surface area contributed by atoms with Gasteiger partial charge in [0.25, 0.3) is 5.91 Å². The maximum Gasteiger partial charge on any atom is 0.321 e. The molecule has 0 aliphatic heterocycles. The molecule has 144 valence electrons. The number of rotatable bonds is 6. The van der Waals surface area contributed by atoms with Gasteiger partial charge in [-0.1, -0.05) is 66.7 Å². The molecule has 0 radical (unpaired) electrons. The zero-order valence-corrected chi connectivity index (χ0v) is 16.2. The highest BCUT2D eigenvalue weighted by Gasteiger charge is 2.30. The van der Waals surface area contributed by atoms with Gasteiger partial charge in [-0.05, 0) is 23.8 Å². The fourth-order valence-corrected chi connectivity index (χ4v) is 3.47. The van der Waals surface area contributed by atoms with Crippen LogP contribution in [0.5, 0.6) is 0 Å². The molecular weight excluding hydrogens is 350 g/mol. The summed E-state index contributed by atoms with van der Waals surface area (Å²) in [6, 6.07) is 23.2. The normalized spacial score (nSPS) is 12.9. The van der Waals surface area contributed by atoms with Crippen LogP contribution >= 0.6 is 0 Å². The molecule has 3 amide bonds. The van der Waals surface area contributed by atoms with E-state index in [1.165, 1.54) is 10.8 Å². The van der Waals surface area contributed by atoms with E-state index in [1.54, 1.807) is 0 Å². The molecule has 1 unspecified atom stereocenters. The average Bonchev–Trinajstić information content (AvgIpc) is 2.69. The third-order valence-electron chi connectivity index (χ3n) is 4.76. The summed E-state index contributed by atoms with van der Waals surface area (Å²) in [4.78, 5) is 25.7. The zero-order valence-electron chi connectivity index (χ0n) is 16.2. The van der Waals surface area contributed by atoms with Crippen molar-refractivity contribution in [1.29, 1.82) is 0 Å². The third-order valence-corrected chi connectivity index (χ3v) is 4.76. The van der Waals surface area contributed by atoms with Crippen molar-refractivity contribution >= 4 is 22.7 Å². The Morgan fingerprint density at radius 1 is 0.929 bits per heavy atom. The minimum atomic E-state index is -0.490. The summed E-state index contributed by atoms with van der Waals surface area (Å²) >= 11 is 0. The molecule has 3 aromatic rings. The first-order valence-electron chi connectivity index (χ1n) is 9.52. The van der Waals surface area contributed by atoms with Gasteiger partial charge in [-0.15, -0.1) is 0 Å². The van der Waals surface area contributed by atoms with E-state index in [0.717, 1.165) is 16.0 Å². The molecular formula is C23H26N3O2+. The molecule has 0 saturated heterocycles. The predicted molar refractivity (Wildman–Crippen MR) is 111 cm³/mol. The highest BCUT2D eigenvalue weighted by atomic mass is 16.2. The van der Waals surface area contributed by atoms with E-state index in [2.05, 4.69) is 41.0 Å². The maximum absolute atomic E-state index is 12.9. The molecule has 0 spiro atoms. The number of likely N-dealkylation sites (N-methyl/N-ethyl adjacent to an activating group) is 1. The molecule has 0 aromatic heterocycles. The van der Waals surface area contributed by atoms with Gasteiger partial charge < -0.3 is 10.2 Å². The Morgan fingerprint density at radius 3 is 2.32 bits per heavy atom. The lowest BCUT2D eigenvalue weighted by atomic mass is 10.0.